The van der Waals surface area contributed by atoms with E-state index >= 15 is 0 Å². The standard InChI is InChI=1S/C16H22F2N2O2S/c17-16(18)23(21,22)20-7-5-12(6-8-20)11-19-15-9-13-3-1-2-4-14(13)10-15/h1-4,12,15-16,19H,5-11H2. The number of hydrogen-bond acceptors (Lipinski definition) is 3. The molecule has 2 aliphatic rings. The highest BCUT2D eigenvalue weighted by Crippen LogP contribution is 2.24. The van der Waals surface area contributed by atoms with Gasteiger partial charge in [-0.1, -0.05) is 24.3 Å². The van der Waals surface area contributed by atoms with Gasteiger partial charge in [-0.15, -0.1) is 0 Å². The van der Waals surface area contributed by atoms with Crippen LogP contribution in [0.1, 0.15) is 24.0 Å². The second-order valence-corrected chi connectivity index (χ2v) is 8.33. The van der Waals surface area contributed by atoms with Crippen molar-refractivity contribution in [3.05, 3.63) is 35.4 Å². The molecule has 0 spiro atoms. The number of rotatable bonds is 5. The molecular weight excluding hydrogens is 322 g/mol. The third-order valence-electron chi connectivity index (χ3n) is 4.90. The lowest BCUT2D eigenvalue weighted by atomic mass is 9.97. The molecular formula is C16H22F2N2O2S. The first-order valence-electron chi connectivity index (χ1n) is 8.04. The molecule has 1 N–H and O–H groups in total. The molecule has 1 heterocycles. The molecule has 1 saturated heterocycles. The molecule has 0 saturated carbocycles. The second kappa shape index (κ2) is 6.83. The predicted octanol–water partition coefficient (Wildman–Crippen LogP) is 2.01. The van der Waals surface area contributed by atoms with E-state index in [4.69, 9.17) is 0 Å². The maximum absolute atomic E-state index is 12.5. The lowest BCUT2D eigenvalue weighted by Gasteiger charge is -2.31. The molecule has 1 aliphatic heterocycles. The Morgan fingerprint density at radius 2 is 1.70 bits per heavy atom. The Balaban J connectivity index is 1.44. The van der Waals surface area contributed by atoms with E-state index in [1.165, 1.54) is 11.1 Å². The normalized spacial score (nSPS) is 21.0. The van der Waals surface area contributed by atoms with Crippen LogP contribution in [0.5, 0.6) is 0 Å². The van der Waals surface area contributed by atoms with E-state index in [-0.39, 0.29) is 13.1 Å². The summed E-state index contributed by atoms with van der Waals surface area (Å²) in [6, 6.07) is 8.85. The molecule has 0 radical (unpaired) electrons. The smallest absolute Gasteiger partial charge is 0.313 e. The van der Waals surface area contributed by atoms with E-state index in [2.05, 4.69) is 29.6 Å². The topological polar surface area (TPSA) is 49.4 Å². The highest BCUT2D eigenvalue weighted by Gasteiger charge is 2.34. The number of alkyl halides is 2. The van der Waals surface area contributed by atoms with Gasteiger partial charge in [0.1, 0.15) is 0 Å². The van der Waals surface area contributed by atoms with Crippen molar-refractivity contribution in [3.8, 4) is 0 Å². The number of sulfonamides is 1. The van der Waals surface area contributed by atoms with Crippen LogP contribution in [0.15, 0.2) is 24.3 Å². The zero-order chi connectivity index (χ0) is 16.4. The van der Waals surface area contributed by atoms with Gasteiger partial charge < -0.3 is 5.32 Å². The summed E-state index contributed by atoms with van der Waals surface area (Å²) in [6.07, 6.45) is 3.32. The molecule has 0 bridgehead atoms. The molecule has 1 aliphatic carbocycles. The Morgan fingerprint density at radius 1 is 1.13 bits per heavy atom. The van der Waals surface area contributed by atoms with Gasteiger partial charge in [-0.2, -0.15) is 13.1 Å². The van der Waals surface area contributed by atoms with Gasteiger partial charge in [-0.3, -0.25) is 0 Å². The van der Waals surface area contributed by atoms with Crippen LogP contribution in [0.4, 0.5) is 8.78 Å². The number of benzene rings is 1. The van der Waals surface area contributed by atoms with E-state index in [1.807, 2.05) is 0 Å². The summed E-state index contributed by atoms with van der Waals surface area (Å²) >= 11 is 0. The number of fused-ring (bicyclic) bond motifs is 1. The molecule has 23 heavy (non-hydrogen) atoms. The number of piperidine rings is 1. The third kappa shape index (κ3) is 3.72. The molecule has 128 valence electrons. The van der Waals surface area contributed by atoms with Crippen LogP contribution in [0, 0.1) is 5.92 Å². The van der Waals surface area contributed by atoms with Gasteiger partial charge in [-0.05, 0) is 49.3 Å². The summed E-state index contributed by atoms with van der Waals surface area (Å²) in [5.74, 6) is -2.96. The number of nitrogens with one attached hydrogen (secondary N) is 1. The monoisotopic (exact) mass is 344 g/mol. The molecule has 1 aromatic rings. The Labute approximate surface area is 135 Å². The lowest BCUT2D eigenvalue weighted by Crippen LogP contribution is -2.44. The molecule has 0 amide bonds. The van der Waals surface area contributed by atoms with Crippen molar-refractivity contribution >= 4 is 10.0 Å². The molecule has 7 heteroatoms. The Hall–Kier alpha value is -1.05. The van der Waals surface area contributed by atoms with Crippen molar-refractivity contribution in [1.82, 2.24) is 9.62 Å². The maximum Gasteiger partial charge on any atom is 0.350 e. The third-order valence-corrected chi connectivity index (χ3v) is 6.44. The van der Waals surface area contributed by atoms with E-state index in [9.17, 15) is 17.2 Å². The number of hydrogen-bond donors (Lipinski definition) is 1. The average Bonchev–Trinajstić information content (AvgIpc) is 2.96. The first-order valence-corrected chi connectivity index (χ1v) is 9.54. The Kier molecular flexibility index (Phi) is 4.98. The Morgan fingerprint density at radius 3 is 2.22 bits per heavy atom. The first-order chi connectivity index (χ1) is 11.0. The minimum atomic E-state index is -4.41. The molecule has 0 aromatic heterocycles. The maximum atomic E-state index is 12.5. The van der Waals surface area contributed by atoms with Gasteiger partial charge in [-0.25, -0.2) is 8.42 Å². The molecule has 1 fully saturated rings. The fourth-order valence-corrected chi connectivity index (χ4v) is 4.46. The van der Waals surface area contributed by atoms with Crippen LogP contribution in [-0.4, -0.2) is 44.2 Å². The van der Waals surface area contributed by atoms with E-state index in [0.717, 1.165) is 23.7 Å². The van der Waals surface area contributed by atoms with E-state index < -0.39 is 15.8 Å². The van der Waals surface area contributed by atoms with Gasteiger partial charge in [0.25, 0.3) is 10.0 Å². The number of halogens is 2. The van der Waals surface area contributed by atoms with Gasteiger partial charge in [0.15, 0.2) is 0 Å². The van der Waals surface area contributed by atoms with Crippen LogP contribution in [0.25, 0.3) is 0 Å². The van der Waals surface area contributed by atoms with Crippen LogP contribution >= 0.6 is 0 Å². The highest BCUT2D eigenvalue weighted by atomic mass is 32.2. The Bertz CT molecular complexity index is 618. The minimum absolute atomic E-state index is 0.198. The first kappa shape index (κ1) is 16.8. The number of nitrogens with zero attached hydrogens (tertiary/aromatic N) is 1. The van der Waals surface area contributed by atoms with Gasteiger partial charge in [0.05, 0.1) is 0 Å². The van der Waals surface area contributed by atoms with Crippen molar-refractivity contribution in [2.45, 2.75) is 37.5 Å². The van der Waals surface area contributed by atoms with Crippen molar-refractivity contribution in [1.29, 1.82) is 0 Å². The largest absolute Gasteiger partial charge is 0.350 e. The molecule has 0 atom stereocenters. The second-order valence-electron chi connectivity index (χ2n) is 6.43. The van der Waals surface area contributed by atoms with Gasteiger partial charge >= 0.3 is 5.76 Å². The summed E-state index contributed by atoms with van der Waals surface area (Å²) in [6.45, 7) is 1.22. The summed E-state index contributed by atoms with van der Waals surface area (Å²) in [5, 5.41) is 3.56. The summed E-state index contributed by atoms with van der Waals surface area (Å²) in [7, 11) is -4.41. The average molecular weight is 344 g/mol. The van der Waals surface area contributed by atoms with Crippen molar-refractivity contribution < 1.29 is 17.2 Å². The lowest BCUT2D eigenvalue weighted by molar-refractivity contribution is 0.202. The molecule has 3 rings (SSSR count). The van der Waals surface area contributed by atoms with Gasteiger partial charge in [0, 0.05) is 19.1 Å². The fourth-order valence-electron chi connectivity index (χ4n) is 3.52. The van der Waals surface area contributed by atoms with E-state index in [0.29, 0.717) is 24.8 Å². The molecule has 0 unspecified atom stereocenters. The van der Waals surface area contributed by atoms with E-state index in [1.54, 1.807) is 0 Å². The SMILES string of the molecule is O=S(=O)(C(F)F)N1CCC(CNC2Cc3ccccc3C2)CC1. The van der Waals surface area contributed by atoms with Crippen LogP contribution in [0.3, 0.4) is 0 Å². The van der Waals surface area contributed by atoms with Crippen molar-refractivity contribution in [2.75, 3.05) is 19.6 Å². The van der Waals surface area contributed by atoms with Crippen LogP contribution < -0.4 is 5.32 Å². The van der Waals surface area contributed by atoms with Crippen molar-refractivity contribution in [2.24, 2.45) is 5.92 Å². The fraction of sp³-hybridized carbons (Fsp3) is 0.625. The summed E-state index contributed by atoms with van der Waals surface area (Å²) in [5.41, 5.74) is 2.78. The van der Waals surface area contributed by atoms with Crippen molar-refractivity contribution in [3.63, 3.8) is 0 Å². The van der Waals surface area contributed by atoms with Crippen LogP contribution in [0.2, 0.25) is 0 Å². The minimum Gasteiger partial charge on any atom is -0.313 e. The zero-order valence-electron chi connectivity index (χ0n) is 12.9. The summed E-state index contributed by atoms with van der Waals surface area (Å²) < 4.78 is 48.9. The zero-order valence-corrected chi connectivity index (χ0v) is 13.7. The van der Waals surface area contributed by atoms with Crippen LogP contribution in [-0.2, 0) is 22.9 Å². The quantitative estimate of drug-likeness (QED) is 0.889. The van der Waals surface area contributed by atoms with Gasteiger partial charge in [0.2, 0.25) is 0 Å². The highest BCUT2D eigenvalue weighted by molar-refractivity contribution is 7.89. The molecule has 1 aromatic carbocycles. The summed E-state index contributed by atoms with van der Waals surface area (Å²) in [4.78, 5) is 0. The predicted molar refractivity (Wildman–Crippen MR) is 84.9 cm³/mol. The molecule has 4 nitrogen and oxygen atoms in total.